The van der Waals surface area contributed by atoms with Crippen molar-refractivity contribution in [1.29, 1.82) is 0 Å². The molecule has 2 rings (SSSR count). The number of anilines is 1. The number of hydrogen-bond acceptors (Lipinski definition) is 2. The number of hydrogen-bond donors (Lipinski definition) is 1. The van der Waals surface area contributed by atoms with Crippen molar-refractivity contribution in [2.24, 2.45) is 0 Å². The molecule has 0 aliphatic heterocycles. The van der Waals surface area contributed by atoms with Crippen LogP contribution < -0.4 is 10.1 Å². The van der Waals surface area contributed by atoms with Crippen LogP contribution in [-0.2, 0) is 6.54 Å². The fourth-order valence-electron chi connectivity index (χ4n) is 2.09. The van der Waals surface area contributed by atoms with Crippen molar-refractivity contribution in [3.05, 3.63) is 56.5 Å². The molecule has 4 heteroatoms. The second kappa shape index (κ2) is 7.19. The van der Waals surface area contributed by atoms with Crippen molar-refractivity contribution < 1.29 is 4.74 Å². The molecular formula is C17H19BrClNO. The fourth-order valence-corrected chi connectivity index (χ4v) is 3.02. The van der Waals surface area contributed by atoms with Crippen molar-refractivity contribution >= 4 is 33.2 Å². The Morgan fingerprint density at radius 1 is 1.14 bits per heavy atom. The van der Waals surface area contributed by atoms with E-state index in [4.69, 9.17) is 16.3 Å². The predicted molar refractivity (Wildman–Crippen MR) is 93.6 cm³/mol. The number of nitrogens with one attached hydrogen (secondary N) is 1. The predicted octanol–water partition coefficient (Wildman–Crippen LogP) is 5.73. The lowest BCUT2D eigenvalue weighted by Gasteiger charge is -2.15. The van der Waals surface area contributed by atoms with Crippen LogP contribution in [0.15, 0.2) is 34.8 Å². The number of ether oxygens (including phenoxy) is 1. The highest BCUT2D eigenvalue weighted by molar-refractivity contribution is 9.10. The summed E-state index contributed by atoms with van der Waals surface area (Å²) < 4.78 is 6.55. The highest BCUT2D eigenvalue weighted by Crippen LogP contribution is 2.36. The first-order chi connectivity index (χ1) is 10.0. The Labute approximate surface area is 139 Å². The normalized spacial score (nSPS) is 10.5. The van der Waals surface area contributed by atoms with Gasteiger partial charge in [-0.05, 0) is 65.5 Å². The van der Waals surface area contributed by atoms with E-state index in [1.807, 2.05) is 19.1 Å². The summed E-state index contributed by atoms with van der Waals surface area (Å²) in [5, 5.41) is 4.08. The lowest BCUT2D eigenvalue weighted by Crippen LogP contribution is -2.04. The van der Waals surface area contributed by atoms with Gasteiger partial charge in [0.25, 0.3) is 0 Å². The third-order valence-corrected chi connectivity index (χ3v) is 4.16. The number of aryl methyl sites for hydroxylation is 2. The first-order valence-corrected chi connectivity index (χ1v) is 8.10. The minimum Gasteiger partial charge on any atom is -0.491 e. The van der Waals surface area contributed by atoms with Crippen LogP contribution in [0.5, 0.6) is 5.75 Å². The maximum atomic E-state index is 6.12. The van der Waals surface area contributed by atoms with Crippen molar-refractivity contribution in [3.8, 4) is 5.75 Å². The van der Waals surface area contributed by atoms with Crippen LogP contribution in [-0.4, -0.2) is 6.61 Å². The van der Waals surface area contributed by atoms with Crippen LogP contribution in [0.3, 0.4) is 0 Å². The molecule has 2 nitrogen and oxygen atoms in total. The van der Waals surface area contributed by atoms with Crippen LogP contribution in [0.4, 0.5) is 5.69 Å². The van der Waals surface area contributed by atoms with Gasteiger partial charge in [0, 0.05) is 11.6 Å². The molecule has 0 atom stereocenters. The van der Waals surface area contributed by atoms with E-state index in [1.54, 1.807) is 0 Å². The van der Waals surface area contributed by atoms with Crippen LogP contribution >= 0.6 is 27.5 Å². The van der Waals surface area contributed by atoms with Crippen LogP contribution in [0.25, 0.3) is 0 Å². The molecule has 2 aromatic carbocycles. The van der Waals surface area contributed by atoms with E-state index < -0.39 is 0 Å². The lowest BCUT2D eigenvalue weighted by atomic mass is 10.1. The average Bonchev–Trinajstić information content (AvgIpc) is 2.43. The van der Waals surface area contributed by atoms with Gasteiger partial charge in [-0.2, -0.15) is 0 Å². The van der Waals surface area contributed by atoms with E-state index in [1.165, 1.54) is 16.7 Å². The molecule has 0 fully saturated rings. The molecule has 0 aliphatic rings. The lowest BCUT2D eigenvalue weighted by molar-refractivity contribution is 0.339. The van der Waals surface area contributed by atoms with Crippen molar-refractivity contribution in [3.63, 3.8) is 0 Å². The van der Waals surface area contributed by atoms with Crippen molar-refractivity contribution in [1.82, 2.24) is 0 Å². The Bertz CT molecular complexity index is 643. The minimum absolute atomic E-state index is 0.610. The summed E-state index contributed by atoms with van der Waals surface area (Å²) >= 11 is 9.62. The zero-order valence-electron chi connectivity index (χ0n) is 12.5. The van der Waals surface area contributed by atoms with Gasteiger partial charge in [0.2, 0.25) is 0 Å². The van der Waals surface area contributed by atoms with Crippen LogP contribution in [0.2, 0.25) is 5.02 Å². The Morgan fingerprint density at radius 2 is 1.90 bits per heavy atom. The van der Waals surface area contributed by atoms with Gasteiger partial charge in [-0.1, -0.05) is 29.8 Å². The largest absolute Gasteiger partial charge is 0.491 e. The highest BCUT2D eigenvalue weighted by atomic mass is 79.9. The summed E-state index contributed by atoms with van der Waals surface area (Å²) in [6.45, 7) is 7.55. The number of benzene rings is 2. The third kappa shape index (κ3) is 4.14. The molecule has 0 heterocycles. The van der Waals surface area contributed by atoms with Crippen LogP contribution in [0, 0.1) is 13.8 Å². The summed E-state index contributed by atoms with van der Waals surface area (Å²) in [6.07, 6.45) is 0. The van der Waals surface area contributed by atoms with E-state index in [9.17, 15) is 0 Å². The number of rotatable bonds is 5. The Balaban J connectivity index is 2.20. The average molecular weight is 369 g/mol. The van der Waals surface area contributed by atoms with Crippen LogP contribution in [0.1, 0.15) is 23.6 Å². The van der Waals surface area contributed by atoms with E-state index in [2.05, 4.69) is 53.3 Å². The molecule has 0 saturated heterocycles. The topological polar surface area (TPSA) is 21.3 Å². The molecular weight excluding hydrogens is 350 g/mol. The molecule has 0 bridgehead atoms. The van der Waals surface area contributed by atoms with E-state index in [0.717, 1.165) is 22.5 Å². The molecule has 0 radical (unpaired) electrons. The Morgan fingerprint density at radius 3 is 2.57 bits per heavy atom. The summed E-state index contributed by atoms with van der Waals surface area (Å²) in [4.78, 5) is 0. The van der Waals surface area contributed by atoms with Crippen molar-refractivity contribution in [2.45, 2.75) is 27.3 Å². The van der Waals surface area contributed by atoms with Gasteiger partial charge in [0.15, 0.2) is 5.75 Å². The zero-order valence-corrected chi connectivity index (χ0v) is 14.8. The molecule has 0 unspecified atom stereocenters. The van der Waals surface area contributed by atoms with E-state index in [0.29, 0.717) is 11.6 Å². The first-order valence-electron chi connectivity index (χ1n) is 6.93. The minimum atomic E-state index is 0.610. The second-order valence-electron chi connectivity index (χ2n) is 4.97. The molecule has 0 aliphatic carbocycles. The van der Waals surface area contributed by atoms with Gasteiger partial charge < -0.3 is 10.1 Å². The van der Waals surface area contributed by atoms with Gasteiger partial charge in [-0.3, -0.25) is 0 Å². The Hall–Kier alpha value is -1.19. The van der Waals surface area contributed by atoms with E-state index in [-0.39, 0.29) is 0 Å². The molecule has 21 heavy (non-hydrogen) atoms. The summed E-state index contributed by atoms with van der Waals surface area (Å²) in [7, 11) is 0. The standard InChI is InChI=1S/C17H19BrClNO/c1-4-21-17-15(18)8-14(19)9-16(17)20-10-13-6-5-11(2)12(3)7-13/h5-9,20H,4,10H2,1-3H3. The summed E-state index contributed by atoms with van der Waals surface area (Å²) in [6, 6.07) is 10.2. The van der Waals surface area contributed by atoms with Gasteiger partial charge in [0.05, 0.1) is 16.8 Å². The monoisotopic (exact) mass is 367 g/mol. The van der Waals surface area contributed by atoms with Gasteiger partial charge in [0.1, 0.15) is 0 Å². The van der Waals surface area contributed by atoms with E-state index >= 15 is 0 Å². The highest BCUT2D eigenvalue weighted by Gasteiger charge is 2.10. The molecule has 0 spiro atoms. The molecule has 112 valence electrons. The van der Waals surface area contributed by atoms with Gasteiger partial charge in [-0.15, -0.1) is 0 Å². The fraction of sp³-hybridized carbons (Fsp3) is 0.294. The maximum absolute atomic E-state index is 6.12. The third-order valence-electron chi connectivity index (χ3n) is 3.35. The smallest absolute Gasteiger partial charge is 0.156 e. The molecule has 0 amide bonds. The zero-order chi connectivity index (χ0) is 15.4. The second-order valence-corrected chi connectivity index (χ2v) is 6.26. The first kappa shape index (κ1) is 16.2. The molecule has 2 aromatic rings. The summed E-state index contributed by atoms with van der Waals surface area (Å²) in [5.41, 5.74) is 4.73. The molecule has 1 N–H and O–H groups in total. The quantitative estimate of drug-likeness (QED) is 0.727. The summed E-state index contributed by atoms with van der Waals surface area (Å²) in [5.74, 6) is 0.797. The van der Waals surface area contributed by atoms with Crippen molar-refractivity contribution in [2.75, 3.05) is 11.9 Å². The SMILES string of the molecule is CCOc1c(Br)cc(Cl)cc1NCc1ccc(C)c(C)c1. The maximum Gasteiger partial charge on any atom is 0.156 e. The van der Waals surface area contributed by atoms with Gasteiger partial charge >= 0.3 is 0 Å². The number of halogens is 2. The molecule has 0 saturated carbocycles. The van der Waals surface area contributed by atoms with Gasteiger partial charge in [-0.25, -0.2) is 0 Å². The molecule has 0 aromatic heterocycles. The Kier molecular flexibility index (Phi) is 5.54.